The van der Waals surface area contributed by atoms with Crippen LogP contribution in [0.1, 0.15) is 12.5 Å². The standard InChI is InChI=1S/C13H15N3O/c1-3-9-8-10(4-6-12(9)17-2)11-5-7-13(14)16-15-11/h4-8H,3H2,1-2H3,(H2,14,16). The van der Waals surface area contributed by atoms with Crippen molar-refractivity contribution in [3.63, 3.8) is 0 Å². The van der Waals surface area contributed by atoms with Crippen molar-refractivity contribution in [1.29, 1.82) is 0 Å². The van der Waals surface area contributed by atoms with Crippen LogP contribution < -0.4 is 10.5 Å². The normalized spacial score (nSPS) is 10.2. The summed E-state index contributed by atoms with van der Waals surface area (Å²) in [6.07, 6.45) is 0.916. The van der Waals surface area contributed by atoms with E-state index in [9.17, 15) is 0 Å². The van der Waals surface area contributed by atoms with Gasteiger partial charge in [-0.1, -0.05) is 6.92 Å². The van der Waals surface area contributed by atoms with Crippen molar-refractivity contribution in [3.8, 4) is 17.0 Å². The molecule has 2 rings (SSSR count). The van der Waals surface area contributed by atoms with Gasteiger partial charge in [0.15, 0.2) is 0 Å². The van der Waals surface area contributed by atoms with Gasteiger partial charge in [-0.15, -0.1) is 10.2 Å². The monoisotopic (exact) mass is 229 g/mol. The second-order valence-corrected chi connectivity index (χ2v) is 3.72. The lowest BCUT2D eigenvalue weighted by Gasteiger charge is -2.08. The first kappa shape index (κ1) is 11.4. The molecule has 0 bridgehead atoms. The minimum absolute atomic E-state index is 0.429. The summed E-state index contributed by atoms with van der Waals surface area (Å²) in [5.41, 5.74) is 8.51. The lowest BCUT2D eigenvalue weighted by atomic mass is 10.1. The average Bonchev–Trinajstić information content (AvgIpc) is 2.39. The van der Waals surface area contributed by atoms with Crippen molar-refractivity contribution in [3.05, 3.63) is 35.9 Å². The topological polar surface area (TPSA) is 61.0 Å². The van der Waals surface area contributed by atoms with Gasteiger partial charge in [0.25, 0.3) is 0 Å². The molecular weight excluding hydrogens is 214 g/mol. The van der Waals surface area contributed by atoms with Crippen LogP contribution in [0.3, 0.4) is 0 Å². The van der Waals surface area contributed by atoms with Crippen LogP contribution >= 0.6 is 0 Å². The Hall–Kier alpha value is -2.10. The van der Waals surface area contributed by atoms with E-state index in [1.807, 2.05) is 18.2 Å². The van der Waals surface area contributed by atoms with E-state index in [0.29, 0.717) is 5.82 Å². The molecule has 0 atom stereocenters. The molecule has 1 heterocycles. The Morgan fingerprint density at radius 1 is 1.18 bits per heavy atom. The van der Waals surface area contributed by atoms with Crippen LogP contribution in [-0.4, -0.2) is 17.3 Å². The maximum atomic E-state index is 5.51. The summed E-state index contributed by atoms with van der Waals surface area (Å²) in [5, 5.41) is 7.91. The van der Waals surface area contributed by atoms with Crippen LogP contribution in [0.5, 0.6) is 5.75 Å². The zero-order valence-electron chi connectivity index (χ0n) is 9.97. The highest BCUT2D eigenvalue weighted by Gasteiger charge is 2.05. The Morgan fingerprint density at radius 2 is 2.00 bits per heavy atom. The third-order valence-electron chi connectivity index (χ3n) is 2.64. The smallest absolute Gasteiger partial charge is 0.146 e. The largest absolute Gasteiger partial charge is 0.496 e. The summed E-state index contributed by atoms with van der Waals surface area (Å²) in [6, 6.07) is 9.60. The fourth-order valence-electron chi connectivity index (χ4n) is 1.71. The number of aryl methyl sites for hydroxylation is 1. The van der Waals surface area contributed by atoms with E-state index >= 15 is 0 Å². The predicted molar refractivity (Wildman–Crippen MR) is 67.8 cm³/mol. The highest BCUT2D eigenvalue weighted by Crippen LogP contribution is 2.25. The second-order valence-electron chi connectivity index (χ2n) is 3.72. The molecule has 0 unspecified atom stereocenters. The Morgan fingerprint density at radius 3 is 2.59 bits per heavy atom. The summed E-state index contributed by atoms with van der Waals surface area (Å²) in [5.74, 6) is 1.33. The van der Waals surface area contributed by atoms with E-state index < -0.39 is 0 Å². The Bertz CT molecular complexity index is 509. The molecule has 17 heavy (non-hydrogen) atoms. The summed E-state index contributed by atoms with van der Waals surface area (Å²) in [6.45, 7) is 2.09. The van der Waals surface area contributed by atoms with Crippen LogP contribution in [0, 0.1) is 0 Å². The number of methoxy groups -OCH3 is 1. The van der Waals surface area contributed by atoms with Gasteiger partial charge in [-0.05, 0) is 42.3 Å². The summed E-state index contributed by atoms with van der Waals surface area (Å²) in [7, 11) is 1.68. The fourth-order valence-corrected chi connectivity index (χ4v) is 1.71. The molecule has 0 aliphatic carbocycles. The van der Waals surface area contributed by atoms with Gasteiger partial charge in [0.05, 0.1) is 12.8 Å². The number of nitrogen functional groups attached to an aromatic ring is 1. The first-order valence-electron chi connectivity index (χ1n) is 5.51. The Kier molecular flexibility index (Phi) is 3.23. The summed E-state index contributed by atoms with van der Waals surface area (Å²) < 4.78 is 5.29. The molecule has 2 N–H and O–H groups in total. The molecule has 2 aromatic rings. The van der Waals surface area contributed by atoms with E-state index in [4.69, 9.17) is 10.5 Å². The van der Waals surface area contributed by atoms with Crippen molar-refractivity contribution in [2.24, 2.45) is 0 Å². The van der Waals surface area contributed by atoms with E-state index in [1.165, 1.54) is 0 Å². The number of hydrogen-bond acceptors (Lipinski definition) is 4. The van der Waals surface area contributed by atoms with Crippen LogP contribution in [0.2, 0.25) is 0 Å². The number of nitrogens with two attached hydrogens (primary N) is 1. The number of hydrogen-bond donors (Lipinski definition) is 1. The highest BCUT2D eigenvalue weighted by molar-refractivity contribution is 5.62. The molecule has 0 spiro atoms. The molecule has 0 saturated heterocycles. The van der Waals surface area contributed by atoms with Crippen LogP contribution in [0.25, 0.3) is 11.3 Å². The van der Waals surface area contributed by atoms with Gasteiger partial charge in [0.1, 0.15) is 11.6 Å². The van der Waals surface area contributed by atoms with Gasteiger partial charge < -0.3 is 10.5 Å². The van der Waals surface area contributed by atoms with Gasteiger partial charge in [-0.3, -0.25) is 0 Å². The third kappa shape index (κ3) is 2.36. The predicted octanol–water partition coefficient (Wildman–Crippen LogP) is 2.30. The summed E-state index contributed by atoms with van der Waals surface area (Å²) in [4.78, 5) is 0. The lowest BCUT2D eigenvalue weighted by molar-refractivity contribution is 0.410. The number of ether oxygens (including phenoxy) is 1. The van der Waals surface area contributed by atoms with Crippen molar-refractivity contribution >= 4 is 5.82 Å². The second kappa shape index (κ2) is 4.82. The van der Waals surface area contributed by atoms with Gasteiger partial charge >= 0.3 is 0 Å². The molecule has 4 nitrogen and oxygen atoms in total. The first-order valence-corrected chi connectivity index (χ1v) is 5.51. The van der Waals surface area contributed by atoms with E-state index in [-0.39, 0.29) is 0 Å². The third-order valence-corrected chi connectivity index (χ3v) is 2.64. The Labute approximate surface area is 100 Å². The van der Waals surface area contributed by atoms with Crippen molar-refractivity contribution < 1.29 is 4.74 Å². The molecule has 1 aromatic heterocycles. The number of nitrogens with zero attached hydrogens (tertiary/aromatic N) is 2. The number of anilines is 1. The van der Waals surface area contributed by atoms with Gasteiger partial charge in [-0.2, -0.15) is 0 Å². The molecule has 4 heteroatoms. The minimum Gasteiger partial charge on any atom is -0.496 e. The average molecular weight is 229 g/mol. The zero-order valence-corrected chi connectivity index (χ0v) is 9.97. The van der Waals surface area contributed by atoms with Crippen LogP contribution in [0.4, 0.5) is 5.82 Å². The molecule has 0 aliphatic rings. The lowest BCUT2D eigenvalue weighted by Crippen LogP contribution is -1.95. The number of aromatic nitrogens is 2. The zero-order chi connectivity index (χ0) is 12.3. The van der Waals surface area contributed by atoms with Crippen LogP contribution in [-0.2, 0) is 6.42 Å². The molecular formula is C13H15N3O. The van der Waals surface area contributed by atoms with Gasteiger partial charge in [0, 0.05) is 5.56 Å². The maximum absolute atomic E-state index is 5.51. The fraction of sp³-hybridized carbons (Fsp3) is 0.231. The minimum atomic E-state index is 0.429. The number of benzene rings is 1. The van der Waals surface area contributed by atoms with E-state index in [2.05, 4.69) is 23.2 Å². The van der Waals surface area contributed by atoms with Gasteiger partial charge in [0.2, 0.25) is 0 Å². The number of rotatable bonds is 3. The molecule has 1 aromatic carbocycles. The molecule has 0 fully saturated rings. The van der Waals surface area contributed by atoms with E-state index in [0.717, 1.165) is 29.0 Å². The first-order chi connectivity index (χ1) is 8.24. The maximum Gasteiger partial charge on any atom is 0.146 e. The molecule has 0 aliphatic heterocycles. The SMILES string of the molecule is CCc1cc(-c2ccc(N)nn2)ccc1OC. The molecule has 0 amide bonds. The van der Waals surface area contributed by atoms with Crippen molar-refractivity contribution in [1.82, 2.24) is 10.2 Å². The van der Waals surface area contributed by atoms with Crippen molar-refractivity contribution in [2.45, 2.75) is 13.3 Å². The van der Waals surface area contributed by atoms with Crippen LogP contribution in [0.15, 0.2) is 30.3 Å². The van der Waals surface area contributed by atoms with E-state index in [1.54, 1.807) is 13.2 Å². The summed E-state index contributed by atoms with van der Waals surface area (Å²) >= 11 is 0. The van der Waals surface area contributed by atoms with Gasteiger partial charge in [-0.25, -0.2) is 0 Å². The van der Waals surface area contributed by atoms with Crippen molar-refractivity contribution in [2.75, 3.05) is 12.8 Å². The quantitative estimate of drug-likeness (QED) is 0.877. The molecule has 0 radical (unpaired) electrons. The Balaban J connectivity index is 2.42. The highest BCUT2D eigenvalue weighted by atomic mass is 16.5. The molecule has 88 valence electrons. The molecule has 0 saturated carbocycles.